The predicted octanol–water partition coefficient (Wildman–Crippen LogP) is 2.18. The van der Waals surface area contributed by atoms with Crippen LogP contribution >= 0.6 is 15.9 Å². The Balaban J connectivity index is 2.30. The second kappa shape index (κ2) is 3.54. The first-order valence-electron chi connectivity index (χ1n) is 3.29. The van der Waals surface area contributed by atoms with Crippen molar-refractivity contribution >= 4 is 15.9 Å². The van der Waals surface area contributed by atoms with Crippen LogP contribution in [0, 0.1) is 0 Å². The van der Waals surface area contributed by atoms with E-state index in [1.807, 2.05) is 0 Å². The first kappa shape index (κ1) is 7.51. The minimum Gasteiger partial charge on any atom is -0.251 e. The van der Waals surface area contributed by atoms with E-state index in [9.17, 15) is 0 Å². The van der Waals surface area contributed by atoms with Gasteiger partial charge in [-0.1, -0.05) is 28.8 Å². The van der Waals surface area contributed by atoms with Crippen LogP contribution in [0.25, 0.3) is 0 Å². The first-order chi connectivity index (χ1) is 4.34. The van der Waals surface area contributed by atoms with Gasteiger partial charge in [-0.2, -0.15) is 0 Å². The van der Waals surface area contributed by atoms with Gasteiger partial charge in [-0.15, -0.1) is 0 Å². The van der Waals surface area contributed by atoms with E-state index in [4.69, 9.17) is 5.26 Å². The summed E-state index contributed by atoms with van der Waals surface area (Å²) in [7, 11) is 0. The molecule has 0 amide bonds. The van der Waals surface area contributed by atoms with Gasteiger partial charge in [-0.05, 0) is 12.8 Å². The van der Waals surface area contributed by atoms with Crippen molar-refractivity contribution in [3.63, 3.8) is 0 Å². The van der Waals surface area contributed by atoms with E-state index in [0.717, 1.165) is 12.8 Å². The van der Waals surface area contributed by atoms with Gasteiger partial charge in [0.2, 0.25) is 0 Å². The number of rotatable bonds is 1. The Morgan fingerprint density at radius 1 is 1.33 bits per heavy atom. The maximum absolute atomic E-state index is 8.33. The summed E-state index contributed by atoms with van der Waals surface area (Å²) in [4.78, 5) is 4.61. The summed E-state index contributed by atoms with van der Waals surface area (Å²) >= 11 is 3.43. The van der Waals surface area contributed by atoms with E-state index in [1.54, 1.807) is 0 Å². The van der Waals surface area contributed by atoms with Crippen molar-refractivity contribution in [3.8, 4) is 0 Å². The second-order valence-corrected chi connectivity index (χ2v) is 3.62. The number of halogens is 1. The van der Waals surface area contributed by atoms with Crippen LogP contribution < -0.4 is 0 Å². The molecule has 2 atom stereocenters. The standard InChI is InChI=1S/C6H11BrO2/c7-5-3-1-2-4-6(5)9-8/h5-6,8H,1-4H2. The predicted molar refractivity (Wildman–Crippen MR) is 38.7 cm³/mol. The lowest BCUT2D eigenvalue weighted by Gasteiger charge is -2.23. The van der Waals surface area contributed by atoms with Crippen LogP contribution in [0.2, 0.25) is 0 Å². The van der Waals surface area contributed by atoms with Crippen LogP contribution in [0.5, 0.6) is 0 Å². The summed E-state index contributed by atoms with van der Waals surface area (Å²) in [6.07, 6.45) is 4.54. The molecular formula is C6H11BrO2. The summed E-state index contributed by atoms with van der Waals surface area (Å²) in [6.45, 7) is 0. The van der Waals surface area contributed by atoms with E-state index in [1.165, 1.54) is 12.8 Å². The van der Waals surface area contributed by atoms with Gasteiger partial charge in [0.05, 0.1) is 0 Å². The lowest BCUT2D eigenvalue weighted by Crippen LogP contribution is -2.26. The smallest absolute Gasteiger partial charge is 0.105 e. The molecule has 9 heavy (non-hydrogen) atoms. The largest absolute Gasteiger partial charge is 0.251 e. The van der Waals surface area contributed by atoms with E-state index < -0.39 is 0 Å². The molecule has 2 nitrogen and oxygen atoms in total. The van der Waals surface area contributed by atoms with Gasteiger partial charge in [-0.25, -0.2) is 4.89 Å². The Hall–Kier alpha value is 0.400. The molecule has 0 saturated heterocycles. The van der Waals surface area contributed by atoms with Gasteiger partial charge in [0.1, 0.15) is 6.10 Å². The SMILES string of the molecule is OOC1CCCCC1Br. The third-order valence-corrected chi connectivity index (χ3v) is 2.80. The van der Waals surface area contributed by atoms with Crippen molar-refractivity contribution in [2.75, 3.05) is 0 Å². The molecule has 3 heteroatoms. The molecule has 1 rings (SSSR count). The van der Waals surface area contributed by atoms with E-state index >= 15 is 0 Å². The van der Waals surface area contributed by atoms with Crippen molar-refractivity contribution in [1.82, 2.24) is 0 Å². The third kappa shape index (κ3) is 1.92. The zero-order chi connectivity index (χ0) is 6.69. The van der Waals surface area contributed by atoms with Crippen molar-refractivity contribution in [1.29, 1.82) is 0 Å². The maximum Gasteiger partial charge on any atom is 0.105 e. The van der Waals surface area contributed by atoms with Crippen LogP contribution in [0.1, 0.15) is 25.7 Å². The Morgan fingerprint density at radius 2 is 2.00 bits per heavy atom. The Bertz CT molecular complexity index is 87.1. The normalized spacial score (nSPS) is 36.7. The van der Waals surface area contributed by atoms with Crippen LogP contribution in [-0.2, 0) is 4.89 Å². The Labute approximate surface area is 63.3 Å². The molecule has 0 aromatic carbocycles. The lowest BCUT2D eigenvalue weighted by atomic mass is 9.98. The monoisotopic (exact) mass is 194 g/mol. The fourth-order valence-corrected chi connectivity index (χ4v) is 1.85. The van der Waals surface area contributed by atoms with Crippen molar-refractivity contribution in [3.05, 3.63) is 0 Å². The molecule has 1 N–H and O–H groups in total. The quantitative estimate of drug-likeness (QED) is 0.394. The van der Waals surface area contributed by atoms with Gasteiger partial charge in [0, 0.05) is 4.83 Å². The summed E-state index contributed by atoms with van der Waals surface area (Å²) < 4.78 is 0. The second-order valence-electron chi connectivity index (χ2n) is 2.44. The molecule has 0 bridgehead atoms. The number of alkyl halides is 1. The fourth-order valence-electron chi connectivity index (χ4n) is 1.17. The van der Waals surface area contributed by atoms with Crippen molar-refractivity contribution in [2.45, 2.75) is 36.6 Å². The molecule has 0 heterocycles. The average molecular weight is 195 g/mol. The van der Waals surface area contributed by atoms with Gasteiger partial charge in [-0.3, -0.25) is 5.26 Å². The number of hydrogen-bond donors (Lipinski definition) is 1. The maximum atomic E-state index is 8.33. The van der Waals surface area contributed by atoms with Gasteiger partial charge in [0.15, 0.2) is 0 Å². The van der Waals surface area contributed by atoms with E-state index in [2.05, 4.69) is 20.8 Å². The molecule has 1 saturated carbocycles. The zero-order valence-corrected chi connectivity index (χ0v) is 6.80. The minimum atomic E-state index is 0.0266. The Kier molecular flexibility index (Phi) is 2.95. The van der Waals surface area contributed by atoms with Gasteiger partial charge in [0.25, 0.3) is 0 Å². The van der Waals surface area contributed by atoms with Crippen LogP contribution in [0.15, 0.2) is 0 Å². The highest BCUT2D eigenvalue weighted by molar-refractivity contribution is 9.09. The summed E-state index contributed by atoms with van der Waals surface area (Å²) in [6, 6.07) is 0. The molecule has 0 spiro atoms. The topological polar surface area (TPSA) is 29.5 Å². The Morgan fingerprint density at radius 3 is 2.44 bits per heavy atom. The lowest BCUT2D eigenvalue weighted by molar-refractivity contribution is -0.281. The van der Waals surface area contributed by atoms with Gasteiger partial charge >= 0.3 is 0 Å². The van der Waals surface area contributed by atoms with E-state index in [0.29, 0.717) is 4.83 Å². The highest BCUT2D eigenvalue weighted by Crippen LogP contribution is 2.25. The molecule has 0 aromatic heterocycles. The molecule has 1 fully saturated rings. The van der Waals surface area contributed by atoms with Crippen molar-refractivity contribution < 1.29 is 10.1 Å². The average Bonchev–Trinajstić information content (AvgIpc) is 1.89. The summed E-state index contributed by atoms with van der Waals surface area (Å²) in [5.41, 5.74) is 0. The molecular weight excluding hydrogens is 184 g/mol. The molecule has 0 aliphatic heterocycles. The molecule has 54 valence electrons. The first-order valence-corrected chi connectivity index (χ1v) is 4.20. The van der Waals surface area contributed by atoms with Gasteiger partial charge < -0.3 is 0 Å². The van der Waals surface area contributed by atoms with Crippen LogP contribution in [0.4, 0.5) is 0 Å². The highest BCUT2D eigenvalue weighted by atomic mass is 79.9. The van der Waals surface area contributed by atoms with Crippen molar-refractivity contribution in [2.24, 2.45) is 0 Å². The zero-order valence-electron chi connectivity index (χ0n) is 5.22. The molecule has 1 aliphatic rings. The van der Waals surface area contributed by atoms with Crippen LogP contribution in [0.3, 0.4) is 0 Å². The summed E-state index contributed by atoms with van der Waals surface area (Å²) in [5.74, 6) is 0. The molecule has 2 unspecified atom stereocenters. The third-order valence-electron chi connectivity index (χ3n) is 1.76. The highest BCUT2D eigenvalue weighted by Gasteiger charge is 2.22. The fraction of sp³-hybridized carbons (Fsp3) is 1.00. The molecule has 0 aromatic rings. The van der Waals surface area contributed by atoms with Crippen LogP contribution in [-0.4, -0.2) is 16.2 Å². The summed E-state index contributed by atoms with van der Waals surface area (Å²) in [5, 5.41) is 8.33. The number of hydrogen-bond acceptors (Lipinski definition) is 2. The molecule has 1 aliphatic carbocycles. The van der Waals surface area contributed by atoms with E-state index in [-0.39, 0.29) is 6.10 Å². The molecule has 0 radical (unpaired) electrons. The minimum absolute atomic E-state index is 0.0266.